The van der Waals surface area contributed by atoms with Crippen LogP contribution in [-0.4, -0.2) is 29.2 Å². The van der Waals surface area contributed by atoms with Gasteiger partial charge in [-0.05, 0) is 29.8 Å². The molecule has 4 N–H and O–H groups in total. The molecule has 2 aromatic carbocycles. The summed E-state index contributed by atoms with van der Waals surface area (Å²) in [5.74, 6) is 0.0122. The fourth-order valence-electron chi connectivity index (χ4n) is 1.90. The quantitative estimate of drug-likeness (QED) is 0.523. The number of nitrogens with two attached hydrogens (primary N) is 1. The van der Waals surface area contributed by atoms with Crippen molar-refractivity contribution in [1.29, 1.82) is 0 Å². The second kappa shape index (κ2) is 9.43. The van der Waals surface area contributed by atoms with Crippen LogP contribution < -0.4 is 16.5 Å². The molecule has 0 aromatic heterocycles. The minimum absolute atomic E-state index is 0.155. The average molecular weight is 360 g/mol. The second-order valence-corrected chi connectivity index (χ2v) is 5.93. The molecule has 2 aromatic rings. The van der Waals surface area contributed by atoms with E-state index in [2.05, 4.69) is 15.8 Å². The summed E-state index contributed by atoms with van der Waals surface area (Å²) in [5, 5.41) is 6.70. The van der Waals surface area contributed by atoms with Crippen LogP contribution in [0.1, 0.15) is 5.56 Å². The molecule has 130 valence electrons. The van der Waals surface area contributed by atoms with Gasteiger partial charge < -0.3 is 11.1 Å². The number of halogens is 1. The van der Waals surface area contributed by atoms with Crippen LogP contribution >= 0.6 is 11.8 Å². The molecule has 0 saturated heterocycles. The zero-order valence-corrected chi connectivity index (χ0v) is 14.1. The van der Waals surface area contributed by atoms with Crippen LogP contribution in [0.15, 0.2) is 59.7 Å². The van der Waals surface area contributed by atoms with E-state index in [1.54, 1.807) is 24.3 Å². The van der Waals surface area contributed by atoms with Gasteiger partial charge in [0.2, 0.25) is 5.91 Å². The fraction of sp³-hybridized carbons (Fsp3) is 0.118. The number of nitrogens with zero attached hydrogens (tertiary/aromatic N) is 1. The monoisotopic (exact) mass is 360 g/mol. The number of hydrogen-bond donors (Lipinski definition) is 3. The van der Waals surface area contributed by atoms with E-state index in [-0.39, 0.29) is 17.5 Å². The number of carbonyl (C=O) groups excluding carboxylic acids is 2. The maximum atomic E-state index is 13.0. The predicted molar refractivity (Wildman–Crippen MR) is 98.1 cm³/mol. The molecule has 0 aliphatic carbocycles. The van der Waals surface area contributed by atoms with E-state index < -0.39 is 6.03 Å². The zero-order valence-electron chi connectivity index (χ0n) is 13.2. The molecule has 0 radical (unpaired) electrons. The molecule has 6 nitrogen and oxygen atoms in total. The summed E-state index contributed by atoms with van der Waals surface area (Å²) in [6.07, 6.45) is 0. The van der Waals surface area contributed by atoms with Crippen molar-refractivity contribution in [3.05, 3.63) is 66.0 Å². The Morgan fingerprint density at radius 1 is 1.04 bits per heavy atom. The lowest BCUT2D eigenvalue weighted by Crippen LogP contribution is -2.26. The number of carbonyl (C=O) groups is 2. The normalized spacial score (nSPS) is 11.0. The second-order valence-electron chi connectivity index (χ2n) is 4.95. The minimum Gasteiger partial charge on any atom is -0.350 e. The van der Waals surface area contributed by atoms with Gasteiger partial charge >= 0.3 is 6.03 Å². The van der Waals surface area contributed by atoms with Gasteiger partial charge in [-0.3, -0.25) is 4.79 Å². The topological polar surface area (TPSA) is 96.6 Å². The Bertz CT molecular complexity index is 751. The van der Waals surface area contributed by atoms with Crippen molar-refractivity contribution in [2.24, 2.45) is 10.8 Å². The third kappa shape index (κ3) is 6.64. The van der Waals surface area contributed by atoms with Crippen LogP contribution in [0.5, 0.6) is 0 Å². The number of para-hydroxylation sites is 1. The number of amides is 3. The van der Waals surface area contributed by atoms with Gasteiger partial charge in [0.05, 0.1) is 11.5 Å². The van der Waals surface area contributed by atoms with Crippen LogP contribution in [0.25, 0.3) is 0 Å². The maximum absolute atomic E-state index is 13.0. The standard InChI is InChI=1S/C17H17FN4O2S/c18-13-8-6-12(7-9-13)15(21-22-17(19)24)10-25-11-16(23)20-14-4-2-1-3-5-14/h1-9H,10-11H2,(H,20,23)(H3,19,22,24)/b21-15+. The maximum Gasteiger partial charge on any atom is 0.332 e. The Morgan fingerprint density at radius 2 is 1.72 bits per heavy atom. The smallest absolute Gasteiger partial charge is 0.332 e. The van der Waals surface area contributed by atoms with Gasteiger partial charge in [0.25, 0.3) is 0 Å². The van der Waals surface area contributed by atoms with Crippen LogP contribution in [0, 0.1) is 5.82 Å². The van der Waals surface area contributed by atoms with Gasteiger partial charge in [-0.25, -0.2) is 14.6 Å². The van der Waals surface area contributed by atoms with E-state index in [4.69, 9.17) is 5.73 Å². The summed E-state index contributed by atoms with van der Waals surface area (Å²) in [7, 11) is 0. The number of hydrogen-bond acceptors (Lipinski definition) is 4. The third-order valence-electron chi connectivity index (χ3n) is 3.01. The third-order valence-corrected chi connectivity index (χ3v) is 3.95. The summed E-state index contributed by atoms with van der Waals surface area (Å²) >= 11 is 1.31. The molecule has 3 amide bonds. The highest BCUT2D eigenvalue weighted by Crippen LogP contribution is 2.11. The number of nitrogens with one attached hydrogen (secondary N) is 2. The first kappa shape index (κ1) is 18.5. The van der Waals surface area contributed by atoms with Gasteiger partial charge in [-0.2, -0.15) is 5.10 Å². The van der Waals surface area contributed by atoms with Gasteiger partial charge in [0.15, 0.2) is 0 Å². The van der Waals surface area contributed by atoms with E-state index in [0.717, 1.165) is 5.69 Å². The summed E-state index contributed by atoms with van der Waals surface area (Å²) in [6, 6.07) is 14.0. The van der Waals surface area contributed by atoms with Gasteiger partial charge in [-0.1, -0.05) is 30.3 Å². The molecule has 0 spiro atoms. The first-order valence-corrected chi connectivity index (χ1v) is 8.50. The Kier molecular flexibility index (Phi) is 6.97. The Hall–Kier alpha value is -2.87. The lowest BCUT2D eigenvalue weighted by Gasteiger charge is -2.08. The minimum atomic E-state index is -0.800. The number of rotatable bonds is 7. The molecule has 0 saturated carbocycles. The number of benzene rings is 2. The van der Waals surface area contributed by atoms with Crippen LogP contribution in [0.2, 0.25) is 0 Å². The largest absolute Gasteiger partial charge is 0.350 e. The molecule has 0 unspecified atom stereocenters. The molecule has 0 aliphatic heterocycles. The Morgan fingerprint density at radius 3 is 2.36 bits per heavy atom. The van der Waals surface area contributed by atoms with Crippen molar-refractivity contribution in [2.45, 2.75) is 0 Å². The van der Waals surface area contributed by atoms with E-state index in [1.165, 1.54) is 23.9 Å². The molecule has 0 bridgehead atoms. The van der Waals surface area contributed by atoms with Crippen LogP contribution in [0.3, 0.4) is 0 Å². The van der Waals surface area contributed by atoms with Crippen molar-refractivity contribution in [1.82, 2.24) is 5.43 Å². The molecular formula is C17H17FN4O2S. The SMILES string of the molecule is NC(=O)N/N=C(\CSCC(=O)Nc1ccccc1)c1ccc(F)cc1. The Labute approximate surface area is 148 Å². The van der Waals surface area contributed by atoms with Crippen LogP contribution in [-0.2, 0) is 4.79 Å². The van der Waals surface area contributed by atoms with Crippen LogP contribution in [0.4, 0.5) is 14.9 Å². The molecule has 25 heavy (non-hydrogen) atoms. The fourth-order valence-corrected chi connectivity index (χ4v) is 2.69. The molecule has 0 heterocycles. The highest BCUT2D eigenvalue weighted by atomic mass is 32.2. The zero-order chi connectivity index (χ0) is 18.1. The lowest BCUT2D eigenvalue weighted by atomic mass is 10.1. The van der Waals surface area contributed by atoms with Gasteiger partial charge in [0.1, 0.15) is 5.82 Å². The summed E-state index contributed by atoms with van der Waals surface area (Å²) in [6.45, 7) is 0. The molecule has 0 atom stereocenters. The first-order chi connectivity index (χ1) is 12.0. The van der Waals surface area contributed by atoms with Gasteiger partial charge in [-0.15, -0.1) is 11.8 Å². The number of thioether (sulfide) groups is 1. The van der Waals surface area contributed by atoms with E-state index >= 15 is 0 Å². The highest BCUT2D eigenvalue weighted by Gasteiger charge is 2.08. The lowest BCUT2D eigenvalue weighted by molar-refractivity contribution is -0.113. The van der Waals surface area contributed by atoms with Crippen molar-refractivity contribution in [2.75, 3.05) is 16.8 Å². The molecule has 8 heteroatoms. The first-order valence-electron chi connectivity index (χ1n) is 7.35. The van der Waals surface area contributed by atoms with E-state index in [9.17, 15) is 14.0 Å². The molecule has 0 fully saturated rings. The Balaban J connectivity index is 1.93. The highest BCUT2D eigenvalue weighted by molar-refractivity contribution is 8.00. The van der Waals surface area contributed by atoms with Crippen molar-refractivity contribution >= 4 is 35.1 Å². The van der Waals surface area contributed by atoms with Gasteiger partial charge in [0, 0.05) is 11.4 Å². The number of primary amides is 1. The van der Waals surface area contributed by atoms with Crippen molar-refractivity contribution in [3.63, 3.8) is 0 Å². The van der Waals surface area contributed by atoms with Crippen molar-refractivity contribution < 1.29 is 14.0 Å². The molecule has 0 aliphatic rings. The molecule has 2 rings (SSSR count). The van der Waals surface area contributed by atoms with E-state index in [0.29, 0.717) is 17.0 Å². The summed E-state index contributed by atoms with van der Waals surface area (Å²) < 4.78 is 13.0. The number of anilines is 1. The molecular weight excluding hydrogens is 343 g/mol. The predicted octanol–water partition coefficient (Wildman–Crippen LogP) is 2.57. The van der Waals surface area contributed by atoms with E-state index in [1.807, 2.05) is 18.2 Å². The summed E-state index contributed by atoms with van der Waals surface area (Å²) in [5.41, 5.74) is 9.01. The van der Waals surface area contributed by atoms with Crippen molar-refractivity contribution in [3.8, 4) is 0 Å². The number of hydrazone groups is 1. The summed E-state index contributed by atoms with van der Waals surface area (Å²) in [4.78, 5) is 22.8. The average Bonchev–Trinajstić information content (AvgIpc) is 2.59. The number of urea groups is 1.